The molecule has 3 rings (SSSR count). The summed E-state index contributed by atoms with van der Waals surface area (Å²) in [6, 6.07) is 2.79. The lowest BCUT2D eigenvalue weighted by atomic mass is 10.1. The number of hydrogen-bond donors (Lipinski definition) is 2. The van der Waals surface area contributed by atoms with Crippen molar-refractivity contribution >= 4 is 5.91 Å². The molecule has 1 unspecified atom stereocenters. The molecule has 1 atom stereocenters. The van der Waals surface area contributed by atoms with Crippen LogP contribution < -0.4 is 15.6 Å². The van der Waals surface area contributed by atoms with Crippen LogP contribution in [-0.4, -0.2) is 36.0 Å². The quantitative estimate of drug-likeness (QED) is 0.533. The Morgan fingerprint density at radius 3 is 2.71 bits per heavy atom. The van der Waals surface area contributed by atoms with Crippen LogP contribution in [0.15, 0.2) is 29.1 Å². The van der Waals surface area contributed by atoms with Gasteiger partial charge in [0.1, 0.15) is 5.69 Å². The standard InChI is InChI=1S/C20H17F4N3O4/c1-30-10-15(12-5-6-16(13(21)8-12)31-20(22,23)24)26-19(29)14-9-18(28)27-17(25-14)7-4-11-2-3-11/h5-6,8-9,11,15H,2-3,10H2,1H3,(H,26,29)(H,25,27,28). The van der Waals surface area contributed by atoms with Gasteiger partial charge >= 0.3 is 6.36 Å². The highest BCUT2D eigenvalue weighted by Gasteiger charge is 2.32. The Morgan fingerprint density at radius 1 is 1.35 bits per heavy atom. The molecule has 0 spiro atoms. The molecule has 1 heterocycles. The maximum atomic E-state index is 14.1. The van der Waals surface area contributed by atoms with Crippen molar-refractivity contribution < 1.29 is 31.8 Å². The number of amides is 1. The van der Waals surface area contributed by atoms with Gasteiger partial charge in [-0.2, -0.15) is 0 Å². The van der Waals surface area contributed by atoms with Crippen molar-refractivity contribution in [1.29, 1.82) is 0 Å². The second-order valence-corrected chi connectivity index (χ2v) is 6.74. The summed E-state index contributed by atoms with van der Waals surface area (Å²) in [5, 5.41) is 2.52. The number of hydrogen-bond acceptors (Lipinski definition) is 5. The number of rotatable bonds is 6. The van der Waals surface area contributed by atoms with Crippen molar-refractivity contribution in [1.82, 2.24) is 15.3 Å². The summed E-state index contributed by atoms with van der Waals surface area (Å²) in [6.45, 7) is -0.123. The molecule has 1 aliphatic carbocycles. The Labute approximate surface area is 173 Å². The van der Waals surface area contributed by atoms with E-state index in [4.69, 9.17) is 4.74 Å². The SMILES string of the molecule is COCC(NC(=O)c1cc(=O)[nH]c(C#CC2CC2)n1)c1ccc(OC(F)(F)F)c(F)c1. The molecule has 0 bridgehead atoms. The number of H-pyrrole nitrogens is 1. The predicted molar refractivity (Wildman–Crippen MR) is 99.6 cm³/mol. The Morgan fingerprint density at radius 2 is 2.10 bits per heavy atom. The maximum Gasteiger partial charge on any atom is 0.573 e. The van der Waals surface area contributed by atoms with E-state index < -0.39 is 35.4 Å². The third-order valence-corrected chi connectivity index (χ3v) is 4.17. The Balaban J connectivity index is 1.80. The first-order valence-corrected chi connectivity index (χ1v) is 9.12. The fraction of sp³-hybridized carbons (Fsp3) is 0.350. The fourth-order valence-electron chi connectivity index (χ4n) is 2.59. The molecule has 7 nitrogen and oxygen atoms in total. The van der Waals surface area contributed by atoms with Crippen molar-refractivity contribution in [3.63, 3.8) is 0 Å². The molecule has 1 amide bonds. The molecule has 2 aromatic rings. The Kier molecular flexibility index (Phi) is 6.60. The van der Waals surface area contributed by atoms with E-state index in [-0.39, 0.29) is 29.6 Å². The minimum Gasteiger partial charge on any atom is -0.403 e. The predicted octanol–water partition coefficient (Wildman–Crippen LogP) is 2.69. The number of alkyl halides is 3. The van der Waals surface area contributed by atoms with Crippen molar-refractivity contribution in [3.05, 3.63) is 57.5 Å². The summed E-state index contributed by atoms with van der Waals surface area (Å²) in [7, 11) is 1.33. The van der Waals surface area contributed by atoms with E-state index in [1.54, 1.807) is 0 Å². The third-order valence-electron chi connectivity index (χ3n) is 4.17. The number of aromatic amines is 1. The van der Waals surface area contributed by atoms with Crippen molar-refractivity contribution in [2.24, 2.45) is 5.92 Å². The highest BCUT2D eigenvalue weighted by atomic mass is 19.4. The third kappa shape index (κ3) is 6.55. The Hall–Kier alpha value is -3.39. The number of nitrogens with zero attached hydrogens (tertiary/aromatic N) is 1. The van der Waals surface area contributed by atoms with Gasteiger partial charge in [-0.15, -0.1) is 13.2 Å². The van der Waals surface area contributed by atoms with Gasteiger partial charge < -0.3 is 14.8 Å². The molecule has 1 aliphatic rings. The molecule has 11 heteroatoms. The first-order valence-electron chi connectivity index (χ1n) is 9.12. The molecule has 2 N–H and O–H groups in total. The first-order chi connectivity index (χ1) is 14.6. The summed E-state index contributed by atoms with van der Waals surface area (Å²) in [5.41, 5.74) is -0.675. The highest BCUT2D eigenvalue weighted by molar-refractivity contribution is 5.92. The van der Waals surface area contributed by atoms with Gasteiger partial charge in [-0.25, -0.2) is 9.37 Å². The van der Waals surface area contributed by atoms with Gasteiger partial charge in [0.2, 0.25) is 0 Å². The molecule has 1 fully saturated rings. The van der Waals surface area contributed by atoms with Crippen molar-refractivity contribution in [2.45, 2.75) is 25.2 Å². The van der Waals surface area contributed by atoms with Gasteiger partial charge in [-0.05, 0) is 36.5 Å². The average Bonchev–Trinajstić information content (AvgIpc) is 3.51. The van der Waals surface area contributed by atoms with E-state index in [2.05, 4.69) is 31.9 Å². The van der Waals surface area contributed by atoms with E-state index >= 15 is 0 Å². The van der Waals surface area contributed by atoms with Crippen LogP contribution in [0.1, 0.15) is 40.8 Å². The average molecular weight is 439 g/mol. The topological polar surface area (TPSA) is 93.3 Å². The van der Waals surface area contributed by atoms with E-state index in [0.717, 1.165) is 37.1 Å². The van der Waals surface area contributed by atoms with E-state index in [0.29, 0.717) is 0 Å². The second-order valence-electron chi connectivity index (χ2n) is 6.74. The van der Waals surface area contributed by atoms with Crippen LogP contribution >= 0.6 is 0 Å². The minimum absolute atomic E-state index is 0.0348. The Bertz CT molecular complexity index is 1080. The van der Waals surface area contributed by atoms with Crippen molar-refractivity contribution in [3.8, 4) is 17.6 Å². The zero-order valence-electron chi connectivity index (χ0n) is 16.2. The molecule has 1 aromatic carbocycles. The maximum absolute atomic E-state index is 14.1. The van der Waals surface area contributed by atoms with Gasteiger partial charge in [0.05, 0.1) is 12.6 Å². The van der Waals surface area contributed by atoms with Gasteiger partial charge in [0.15, 0.2) is 17.4 Å². The van der Waals surface area contributed by atoms with Crippen LogP contribution in [0, 0.1) is 23.6 Å². The smallest absolute Gasteiger partial charge is 0.403 e. The van der Waals surface area contributed by atoms with Gasteiger partial charge in [-0.1, -0.05) is 12.0 Å². The van der Waals surface area contributed by atoms with Crippen LogP contribution in [0.5, 0.6) is 5.75 Å². The molecular formula is C20H17F4N3O4. The lowest BCUT2D eigenvalue weighted by Gasteiger charge is -2.19. The summed E-state index contributed by atoms with van der Waals surface area (Å²) in [4.78, 5) is 30.9. The normalized spacial score (nSPS) is 14.4. The highest BCUT2D eigenvalue weighted by Crippen LogP contribution is 2.28. The number of methoxy groups -OCH3 is 1. The first kappa shape index (κ1) is 22.3. The van der Waals surface area contributed by atoms with Crippen LogP contribution in [0.4, 0.5) is 17.6 Å². The fourth-order valence-corrected chi connectivity index (χ4v) is 2.59. The van der Waals surface area contributed by atoms with Crippen LogP contribution in [0.25, 0.3) is 0 Å². The zero-order valence-corrected chi connectivity index (χ0v) is 16.2. The van der Waals surface area contributed by atoms with E-state index in [1.165, 1.54) is 7.11 Å². The van der Waals surface area contributed by atoms with Crippen molar-refractivity contribution in [2.75, 3.05) is 13.7 Å². The summed E-state index contributed by atoms with van der Waals surface area (Å²) < 4.78 is 59.6. The molecule has 0 aliphatic heterocycles. The molecule has 0 radical (unpaired) electrons. The van der Waals surface area contributed by atoms with Crippen LogP contribution in [0.2, 0.25) is 0 Å². The monoisotopic (exact) mass is 439 g/mol. The molecule has 0 saturated heterocycles. The molecular weight excluding hydrogens is 422 g/mol. The number of halogens is 4. The number of ether oxygens (including phenoxy) is 2. The zero-order chi connectivity index (χ0) is 22.6. The molecule has 1 aromatic heterocycles. The number of benzene rings is 1. The minimum atomic E-state index is -5.05. The molecule has 1 saturated carbocycles. The van der Waals surface area contributed by atoms with Gasteiger partial charge in [0.25, 0.3) is 11.5 Å². The number of nitrogens with one attached hydrogen (secondary N) is 2. The lowest BCUT2D eigenvalue weighted by Crippen LogP contribution is -2.33. The summed E-state index contributed by atoms with van der Waals surface area (Å²) in [6.07, 6.45) is -3.10. The van der Waals surface area contributed by atoms with Crippen LogP contribution in [-0.2, 0) is 4.74 Å². The van der Waals surface area contributed by atoms with E-state index in [9.17, 15) is 27.2 Å². The number of carbonyl (C=O) groups excluding carboxylic acids is 1. The molecule has 164 valence electrons. The second kappa shape index (κ2) is 9.18. The molecule has 31 heavy (non-hydrogen) atoms. The van der Waals surface area contributed by atoms with Gasteiger partial charge in [-0.3, -0.25) is 14.6 Å². The number of carbonyl (C=O) groups is 1. The number of aromatic nitrogens is 2. The largest absolute Gasteiger partial charge is 0.573 e. The summed E-state index contributed by atoms with van der Waals surface area (Å²) >= 11 is 0. The summed E-state index contributed by atoms with van der Waals surface area (Å²) in [5.74, 6) is 2.88. The van der Waals surface area contributed by atoms with E-state index in [1.807, 2.05) is 0 Å². The lowest BCUT2D eigenvalue weighted by molar-refractivity contribution is -0.275. The van der Waals surface area contributed by atoms with Gasteiger partial charge in [0, 0.05) is 19.1 Å². The van der Waals surface area contributed by atoms with Crippen LogP contribution in [0.3, 0.4) is 0 Å².